The molecule has 0 saturated carbocycles. The lowest BCUT2D eigenvalue weighted by Gasteiger charge is -2.05. The standard InChI is InChI=1S/C11H9ClN2O/c1-8-6-13-7-11(14-8)15-10-5-3-2-4-9(10)12/h2-7H,1H3. The van der Waals surface area contributed by atoms with Crippen LogP contribution in [-0.4, -0.2) is 9.97 Å². The Kier molecular flexibility index (Phi) is 2.83. The molecule has 0 fully saturated rings. The van der Waals surface area contributed by atoms with Crippen molar-refractivity contribution in [3.8, 4) is 11.6 Å². The number of hydrogen-bond acceptors (Lipinski definition) is 3. The maximum absolute atomic E-state index is 5.94. The van der Waals surface area contributed by atoms with Gasteiger partial charge in [-0.15, -0.1) is 0 Å². The van der Waals surface area contributed by atoms with Crippen LogP contribution in [0.25, 0.3) is 0 Å². The molecule has 0 spiro atoms. The molecule has 4 heteroatoms. The Labute approximate surface area is 92.7 Å². The average Bonchev–Trinajstić information content (AvgIpc) is 2.22. The summed E-state index contributed by atoms with van der Waals surface area (Å²) in [6.07, 6.45) is 3.22. The van der Waals surface area contributed by atoms with E-state index in [0.717, 1.165) is 5.69 Å². The quantitative estimate of drug-likeness (QED) is 0.780. The number of aryl methyl sites for hydroxylation is 1. The van der Waals surface area contributed by atoms with Gasteiger partial charge in [-0.1, -0.05) is 23.7 Å². The van der Waals surface area contributed by atoms with E-state index in [0.29, 0.717) is 16.7 Å². The van der Waals surface area contributed by atoms with E-state index in [2.05, 4.69) is 9.97 Å². The summed E-state index contributed by atoms with van der Waals surface area (Å²) >= 11 is 5.94. The van der Waals surface area contributed by atoms with Gasteiger partial charge in [-0.3, -0.25) is 4.98 Å². The maximum Gasteiger partial charge on any atom is 0.238 e. The number of para-hydroxylation sites is 1. The van der Waals surface area contributed by atoms with Crippen LogP contribution in [-0.2, 0) is 0 Å². The summed E-state index contributed by atoms with van der Waals surface area (Å²) in [6, 6.07) is 7.24. The summed E-state index contributed by atoms with van der Waals surface area (Å²) in [6.45, 7) is 1.85. The van der Waals surface area contributed by atoms with E-state index < -0.39 is 0 Å². The summed E-state index contributed by atoms with van der Waals surface area (Å²) in [5.74, 6) is 1.03. The summed E-state index contributed by atoms with van der Waals surface area (Å²) in [7, 11) is 0. The molecule has 0 aliphatic rings. The van der Waals surface area contributed by atoms with Gasteiger partial charge < -0.3 is 4.74 Å². The Morgan fingerprint density at radius 2 is 2.00 bits per heavy atom. The van der Waals surface area contributed by atoms with E-state index in [4.69, 9.17) is 16.3 Å². The van der Waals surface area contributed by atoms with Gasteiger partial charge in [0.2, 0.25) is 5.88 Å². The van der Waals surface area contributed by atoms with E-state index >= 15 is 0 Å². The molecule has 0 unspecified atom stereocenters. The molecule has 1 aromatic carbocycles. The highest BCUT2D eigenvalue weighted by Gasteiger charge is 2.02. The molecule has 76 valence electrons. The predicted octanol–water partition coefficient (Wildman–Crippen LogP) is 3.23. The topological polar surface area (TPSA) is 35.0 Å². The van der Waals surface area contributed by atoms with E-state index in [-0.39, 0.29) is 0 Å². The van der Waals surface area contributed by atoms with E-state index in [1.54, 1.807) is 24.5 Å². The van der Waals surface area contributed by atoms with Crippen LogP contribution in [0, 0.1) is 6.92 Å². The van der Waals surface area contributed by atoms with Gasteiger partial charge in [-0.05, 0) is 19.1 Å². The molecule has 15 heavy (non-hydrogen) atoms. The lowest BCUT2D eigenvalue weighted by Crippen LogP contribution is -1.91. The van der Waals surface area contributed by atoms with Crippen molar-refractivity contribution in [3.05, 3.63) is 47.4 Å². The van der Waals surface area contributed by atoms with Crippen LogP contribution in [0.3, 0.4) is 0 Å². The minimum Gasteiger partial charge on any atom is -0.436 e. The highest BCUT2D eigenvalue weighted by atomic mass is 35.5. The first-order chi connectivity index (χ1) is 7.25. The Hall–Kier alpha value is -1.61. The second kappa shape index (κ2) is 4.28. The molecule has 0 atom stereocenters. The van der Waals surface area contributed by atoms with Crippen LogP contribution in [0.4, 0.5) is 0 Å². The van der Waals surface area contributed by atoms with Crippen molar-refractivity contribution in [2.45, 2.75) is 6.92 Å². The molecular formula is C11H9ClN2O. The number of benzene rings is 1. The molecule has 0 aliphatic heterocycles. The van der Waals surface area contributed by atoms with Gasteiger partial charge in [0.15, 0.2) is 0 Å². The van der Waals surface area contributed by atoms with Crippen molar-refractivity contribution in [2.75, 3.05) is 0 Å². The van der Waals surface area contributed by atoms with Crippen molar-refractivity contribution in [2.24, 2.45) is 0 Å². The molecule has 0 saturated heterocycles. The van der Waals surface area contributed by atoms with Crippen LogP contribution < -0.4 is 4.74 Å². The molecular weight excluding hydrogens is 212 g/mol. The third-order valence-corrected chi connectivity index (χ3v) is 2.10. The zero-order valence-corrected chi connectivity index (χ0v) is 8.90. The van der Waals surface area contributed by atoms with E-state index in [1.807, 2.05) is 19.1 Å². The van der Waals surface area contributed by atoms with Crippen molar-refractivity contribution in [3.63, 3.8) is 0 Å². The third kappa shape index (κ3) is 2.44. The number of nitrogens with zero attached hydrogens (tertiary/aromatic N) is 2. The molecule has 0 aliphatic carbocycles. The lowest BCUT2D eigenvalue weighted by molar-refractivity contribution is 0.459. The third-order valence-electron chi connectivity index (χ3n) is 1.78. The molecule has 3 nitrogen and oxygen atoms in total. The minimum atomic E-state index is 0.447. The first-order valence-corrected chi connectivity index (χ1v) is 4.84. The monoisotopic (exact) mass is 220 g/mol. The summed E-state index contributed by atoms with van der Waals surface area (Å²) in [4.78, 5) is 8.15. The van der Waals surface area contributed by atoms with Crippen LogP contribution in [0.1, 0.15) is 5.69 Å². The Morgan fingerprint density at radius 3 is 2.73 bits per heavy atom. The van der Waals surface area contributed by atoms with Gasteiger partial charge in [0.05, 0.1) is 16.9 Å². The first-order valence-electron chi connectivity index (χ1n) is 4.47. The average molecular weight is 221 g/mol. The second-order valence-electron chi connectivity index (χ2n) is 3.03. The van der Waals surface area contributed by atoms with Gasteiger partial charge >= 0.3 is 0 Å². The molecule has 0 amide bonds. The number of aromatic nitrogens is 2. The SMILES string of the molecule is Cc1cncc(Oc2ccccc2Cl)n1. The van der Waals surface area contributed by atoms with Gasteiger partial charge in [0, 0.05) is 6.20 Å². The van der Waals surface area contributed by atoms with Crippen molar-refractivity contribution in [1.82, 2.24) is 9.97 Å². The summed E-state index contributed by atoms with van der Waals surface area (Å²) < 4.78 is 5.48. The summed E-state index contributed by atoms with van der Waals surface area (Å²) in [5, 5.41) is 0.556. The maximum atomic E-state index is 5.94. The van der Waals surface area contributed by atoms with E-state index in [1.165, 1.54) is 0 Å². The molecule has 0 bridgehead atoms. The van der Waals surface area contributed by atoms with Crippen molar-refractivity contribution < 1.29 is 4.74 Å². The fraction of sp³-hybridized carbons (Fsp3) is 0.0909. The highest BCUT2D eigenvalue weighted by molar-refractivity contribution is 6.32. The number of rotatable bonds is 2. The molecule has 2 aromatic rings. The normalized spacial score (nSPS) is 10.0. The van der Waals surface area contributed by atoms with Gasteiger partial charge in [0.25, 0.3) is 0 Å². The van der Waals surface area contributed by atoms with Crippen molar-refractivity contribution in [1.29, 1.82) is 0 Å². The number of halogens is 1. The largest absolute Gasteiger partial charge is 0.436 e. The Morgan fingerprint density at radius 1 is 1.20 bits per heavy atom. The molecule has 1 heterocycles. The van der Waals surface area contributed by atoms with Gasteiger partial charge in [-0.25, -0.2) is 4.98 Å². The molecule has 1 aromatic heterocycles. The van der Waals surface area contributed by atoms with Gasteiger partial charge in [0.1, 0.15) is 5.75 Å². The zero-order valence-electron chi connectivity index (χ0n) is 8.14. The second-order valence-corrected chi connectivity index (χ2v) is 3.44. The zero-order chi connectivity index (χ0) is 10.7. The fourth-order valence-corrected chi connectivity index (χ4v) is 1.30. The molecule has 0 N–H and O–H groups in total. The number of hydrogen-bond donors (Lipinski definition) is 0. The minimum absolute atomic E-state index is 0.447. The highest BCUT2D eigenvalue weighted by Crippen LogP contribution is 2.27. The smallest absolute Gasteiger partial charge is 0.238 e. The van der Waals surface area contributed by atoms with Crippen LogP contribution in [0.15, 0.2) is 36.7 Å². The van der Waals surface area contributed by atoms with E-state index in [9.17, 15) is 0 Å². The number of ether oxygens (including phenoxy) is 1. The van der Waals surface area contributed by atoms with Crippen LogP contribution in [0.2, 0.25) is 5.02 Å². The van der Waals surface area contributed by atoms with Crippen LogP contribution >= 0.6 is 11.6 Å². The molecule has 0 radical (unpaired) electrons. The molecule has 2 rings (SSSR count). The van der Waals surface area contributed by atoms with Crippen LogP contribution in [0.5, 0.6) is 11.6 Å². The lowest BCUT2D eigenvalue weighted by atomic mass is 10.3. The van der Waals surface area contributed by atoms with Gasteiger partial charge in [-0.2, -0.15) is 0 Å². The predicted molar refractivity (Wildman–Crippen MR) is 58.3 cm³/mol. The first kappa shape index (κ1) is 9.93. The summed E-state index contributed by atoms with van der Waals surface area (Å²) in [5.41, 5.74) is 0.805. The van der Waals surface area contributed by atoms with Crippen molar-refractivity contribution >= 4 is 11.6 Å². The Balaban J connectivity index is 2.26. The fourth-order valence-electron chi connectivity index (χ4n) is 1.13. The Bertz CT molecular complexity index is 474.